The third kappa shape index (κ3) is 12.2. The van der Waals surface area contributed by atoms with Crippen molar-refractivity contribution in [1.29, 1.82) is 0 Å². The maximum atomic E-state index is 11.7. The van der Waals surface area contributed by atoms with Crippen molar-refractivity contribution in [3.05, 3.63) is 42.0 Å². The fourth-order valence-electron chi connectivity index (χ4n) is 3.33. The molecule has 1 aromatic carbocycles. The molecule has 0 N–H and O–H groups in total. The summed E-state index contributed by atoms with van der Waals surface area (Å²) in [6, 6.07) is 5.54. The Labute approximate surface area is 198 Å². The zero-order chi connectivity index (χ0) is 24.5. The van der Waals surface area contributed by atoms with Crippen LogP contribution >= 0.6 is 0 Å². The van der Waals surface area contributed by atoms with E-state index in [1.54, 1.807) is 20.1 Å². The average Bonchev–Trinajstić information content (AvgIpc) is 2.82. The van der Waals surface area contributed by atoms with Gasteiger partial charge in [-0.2, -0.15) is 0 Å². The Hall–Kier alpha value is -2.76. The molecule has 0 aliphatic rings. The van der Waals surface area contributed by atoms with Crippen molar-refractivity contribution >= 4 is 18.0 Å². The van der Waals surface area contributed by atoms with Gasteiger partial charge in [0.05, 0.1) is 27.4 Å². The molecular weight excluding hydrogens is 420 g/mol. The molecule has 1 rings (SSSR count). The molecule has 0 amide bonds. The topological polar surface area (TPSA) is 71.1 Å². The Morgan fingerprint density at radius 3 is 2.42 bits per heavy atom. The summed E-state index contributed by atoms with van der Waals surface area (Å²) in [4.78, 5) is 22.9. The summed E-state index contributed by atoms with van der Waals surface area (Å²) < 4.78 is 21.3. The minimum absolute atomic E-state index is 0.295. The quantitative estimate of drug-likeness (QED) is 0.158. The maximum Gasteiger partial charge on any atom is 0.333 e. The summed E-state index contributed by atoms with van der Waals surface area (Å²) in [6.45, 7) is 8.60. The first-order valence-corrected chi connectivity index (χ1v) is 11.8. The standard InChI is InChI=1S/C27H40O6/c1-6-7-12-23(20-33-27(29)21(2)3)13-10-8-9-11-18-32-24-16-14-22(19-25(24)30-4)15-17-26(28)31-5/h14-17,19,23H,2,6-13,18,20H2,1,3-5H3. The normalized spacial score (nSPS) is 11.8. The van der Waals surface area contributed by atoms with Crippen molar-refractivity contribution in [2.45, 2.75) is 65.2 Å². The van der Waals surface area contributed by atoms with Crippen LogP contribution in [0.15, 0.2) is 36.4 Å². The summed E-state index contributed by atoms with van der Waals surface area (Å²) in [5.41, 5.74) is 1.28. The van der Waals surface area contributed by atoms with Crippen LogP contribution in [-0.4, -0.2) is 39.4 Å². The first-order valence-electron chi connectivity index (χ1n) is 11.8. The van der Waals surface area contributed by atoms with E-state index in [0.29, 0.717) is 36.2 Å². The van der Waals surface area contributed by atoms with Crippen LogP contribution in [0.5, 0.6) is 11.5 Å². The van der Waals surface area contributed by atoms with Crippen LogP contribution in [-0.2, 0) is 19.1 Å². The average molecular weight is 461 g/mol. The first-order chi connectivity index (χ1) is 15.9. The second-order valence-corrected chi connectivity index (χ2v) is 8.21. The summed E-state index contributed by atoms with van der Waals surface area (Å²) in [7, 11) is 2.94. The fourth-order valence-corrected chi connectivity index (χ4v) is 3.33. The van der Waals surface area contributed by atoms with E-state index < -0.39 is 5.97 Å². The van der Waals surface area contributed by atoms with Crippen LogP contribution in [0.2, 0.25) is 0 Å². The van der Waals surface area contributed by atoms with E-state index in [0.717, 1.165) is 56.9 Å². The highest BCUT2D eigenvalue weighted by Gasteiger charge is 2.12. The monoisotopic (exact) mass is 460 g/mol. The number of carbonyl (C=O) groups excluding carboxylic acids is 2. The molecule has 0 saturated heterocycles. The van der Waals surface area contributed by atoms with Gasteiger partial charge in [0.25, 0.3) is 0 Å². The molecule has 1 unspecified atom stereocenters. The number of benzene rings is 1. The number of carbonyl (C=O) groups is 2. The van der Waals surface area contributed by atoms with E-state index in [2.05, 4.69) is 18.2 Å². The van der Waals surface area contributed by atoms with Gasteiger partial charge in [0, 0.05) is 11.6 Å². The van der Waals surface area contributed by atoms with Crippen molar-refractivity contribution < 1.29 is 28.5 Å². The molecule has 1 aromatic rings. The van der Waals surface area contributed by atoms with Gasteiger partial charge in [-0.3, -0.25) is 0 Å². The Morgan fingerprint density at radius 2 is 1.76 bits per heavy atom. The molecule has 0 bridgehead atoms. The van der Waals surface area contributed by atoms with Crippen LogP contribution in [0.3, 0.4) is 0 Å². The van der Waals surface area contributed by atoms with Crippen molar-refractivity contribution in [2.24, 2.45) is 5.92 Å². The van der Waals surface area contributed by atoms with E-state index in [1.165, 1.54) is 13.2 Å². The molecule has 0 aliphatic heterocycles. The van der Waals surface area contributed by atoms with Crippen LogP contribution in [0.1, 0.15) is 70.8 Å². The lowest BCUT2D eigenvalue weighted by Crippen LogP contribution is -2.15. The molecule has 0 spiro atoms. The van der Waals surface area contributed by atoms with Crippen LogP contribution in [0.4, 0.5) is 0 Å². The number of unbranched alkanes of at least 4 members (excludes halogenated alkanes) is 4. The fraction of sp³-hybridized carbons (Fsp3) is 0.556. The Kier molecular flexibility index (Phi) is 14.4. The van der Waals surface area contributed by atoms with Gasteiger partial charge < -0.3 is 18.9 Å². The van der Waals surface area contributed by atoms with E-state index in [4.69, 9.17) is 14.2 Å². The SMILES string of the molecule is C=C(C)C(=O)OCC(CCCC)CCCCCCOc1ccc(C=CC(=O)OC)cc1OC. The summed E-state index contributed by atoms with van der Waals surface area (Å²) in [5.74, 6) is 1.03. The van der Waals surface area contributed by atoms with Gasteiger partial charge in [-0.1, -0.05) is 51.7 Å². The highest BCUT2D eigenvalue weighted by atomic mass is 16.5. The molecule has 0 aliphatic carbocycles. The predicted molar refractivity (Wildman–Crippen MR) is 131 cm³/mol. The molecule has 0 heterocycles. The van der Waals surface area contributed by atoms with Crippen LogP contribution in [0.25, 0.3) is 6.08 Å². The van der Waals surface area contributed by atoms with Gasteiger partial charge in [-0.25, -0.2) is 9.59 Å². The number of rotatable bonds is 17. The van der Waals surface area contributed by atoms with Crippen molar-refractivity contribution in [3.8, 4) is 11.5 Å². The van der Waals surface area contributed by atoms with E-state index in [9.17, 15) is 9.59 Å². The minimum atomic E-state index is -0.404. The lowest BCUT2D eigenvalue weighted by molar-refractivity contribution is -0.140. The summed E-state index contributed by atoms with van der Waals surface area (Å²) in [6.07, 6.45) is 11.8. The zero-order valence-corrected chi connectivity index (χ0v) is 20.7. The first kappa shape index (κ1) is 28.3. The predicted octanol–water partition coefficient (Wildman–Crippen LogP) is 6.14. The van der Waals surface area contributed by atoms with Gasteiger partial charge in [-0.15, -0.1) is 0 Å². The van der Waals surface area contributed by atoms with Crippen molar-refractivity contribution in [3.63, 3.8) is 0 Å². The third-order valence-corrected chi connectivity index (χ3v) is 5.33. The Bertz CT molecular complexity index is 768. The number of methoxy groups -OCH3 is 2. The molecular formula is C27H40O6. The second kappa shape index (κ2) is 16.8. The van der Waals surface area contributed by atoms with Gasteiger partial charge >= 0.3 is 11.9 Å². The molecule has 6 heteroatoms. The molecule has 0 aromatic heterocycles. The second-order valence-electron chi connectivity index (χ2n) is 8.21. The summed E-state index contributed by atoms with van der Waals surface area (Å²) >= 11 is 0. The maximum absolute atomic E-state index is 11.7. The van der Waals surface area contributed by atoms with Crippen molar-refractivity contribution in [2.75, 3.05) is 27.4 Å². The van der Waals surface area contributed by atoms with Gasteiger partial charge in [0.1, 0.15) is 0 Å². The molecule has 6 nitrogen and oxygen atoms in total. The lowest BCUT2D eigenvalue weighted by Gasteiger charge is -2.17. The summed E-state index contributed by atoms with van der Waals surface area (Å²) in [5, 5.41) is 0. The highest BCUT2D eigenvalue weighted by Crippen LogP contribution is 2.29. The van der Waals surface area contributed by atoms with Gasteiger partial charge in [0.2, 0.25) is 0 Å². The lowest BCUT2D eigenvalue weighted by atomic mass is 9.96. The smallest absolute Gasteiger partial charge is 0.333 e. The van der Waals surface area contributed by atoms with Crippen LogP contribution in [0, 0.1) is 5.92 Å². The minimum Gasteiger partial charge on any atom is -0.493 e. The molecule has 0 radical (unpaired) electrons. The molecule has 0 fully saturated rings. The third-order valence-electron chi connectivity index (χ3n) is 5.33. The number of hydrogen-bond acceptors (Lipinski definition) is 6. The van der Waals surface area contributed by atoms with Gasteiger partial charge in [0.15, 0.2) is 11.5 Å². The number of ether oxygens (including phenoxy) is 4. The van der Waals surface area contributed by atoms with Crippen molar-refractivity contribution in [1.82, 2.24) is 0 Å². The highest BCUT2D eigenvalue weighted by molar-refractivity contribution is 5.87. The largest absolute Gasteiger partial charge is 0.493 e. The van der Waals surface area contributed by atoms with E-state index in [-0.39, 0.29) is 5.97 Å². The molecule has 0 saturated carbocycles. The molecule has 184 valence electrons. The Balaban J connectivity index is 2.35. The van der Waals surface area contributed by atoms with Crippen LogP contribution < -0.4 is 9.47 Å². The van der Waals surface area contributed by atoms with Gasteiger partial charge in [-0.05, 0) is 55.9 Å². The van der Waals surface area contributed by atoms with E-state index >= 15 is 0 Å². The zero-order valence-electron chi connectivity index (χ0n) is 20.7. The number of hydrogen-bond donors (Lipinski definition) is 0. The Morgan fingerprint density at radius 1 is 1.03 bits per heavy atom. The molecule has 33 heavy (non-hydrogen) atoms. The number of esters is 2. The van der Waals surface area contributed by atoms with E-state index in [1.807, 2.05) is 18.2 Å². The molecule has 1 atom stereocenters.